The van der Waals surface area contributed by atoms with Gasteiger partial charge in [0.15, 0.2) is 0 Å². The number of benzene rings is 1. The first-order chi connectivity index (χ1) is 13.6. The number of hydrogen-bond acceptors (Lipinski definition) is 4. The standard InChI is InChI=1S/C24H24N2O2/c1-15-11-19-12-23(27)28-24(19)21(16(15)2)10-9-20-8-7-18(14-26-20)22-6-4-3-5-17(22)13-25/h3-10,14-16,19,21,24H,11-12H2,1-2H3/t15-,16+,19-,21-,24+/m0/s1. The van der Waals surface area contributed by atoms with E-state index in [4.69, 9.17) is 4.74 Å². The molecule has 0 spiro atoms. The van der Waals surface area contributed by atoms with Crippen LogP contribution in [0.5, 0.6) is 0 Å². The van der Waals surface area contributed by atoms with Crippen molar-refractivity contribution in [1.29, 1.82) is 5.26 Å². The lowest BCUT2D eigenvalue weighted by Crippen LogP contribution is -2.39. The van der Waals surface area contributed by atoms with Gasteiger partial charge in [0.25, 0.3) is 0 Å². The molecule has 1 aromatic heterocycles. The van der Waals surface area contributed by atoms with Crippen LogP contribution in [0.2, 0.25) is 0 Å². The normalized spacial score (nSPS) is 29.3. The fourth-order valence-corrected chi connectivity index (χ4v) is 4.60. The third-order valence-corrected chi connectivity index (χ3v) is 6.35. The Kier molecular flexibility index (Phi) is 5.00. The number of nitriles is 1. The maximum atomic E-state index is 11.8. The molecule has 0 radical (unpaired) electrons. The van der Waals surface area contributed by atoms with Gasteiger partial charge in [-0.05, 0) is 36.5 Å². The number of carbonyl (C=O) groups excluding carboxylic acids is 1. The van der Waals surface area contributed by atoms with Crippen LogP contribution in [0, 0.1) is 35.0 Å². The van der Waals surface area contributed by atoms with Crippen molar-refractivity contribution < 1.29 is 9.53 Å². The second-order valence-corrected chi connectivity index (χ2v) is 8.06. The van der Waals surface area contributed by atoms with E-state index in [1.807, 2.05) is 42.5 Å². The van der Waals surface area contributed by atoms with Crippen molar-refractivity contribution in [1.82, 2.24) is 4.98 Å². The first-order valence-electron chi connectivity index (χ1n) is 9.90. The molecular weight excluding hydrogens is 348 g/mol. The van der Waals surface area contributed by atoms with Gasteiger partial charge in [0.2, 0.25) is 0 Å². The van der Waals surface area contributed by atoms with E-state index in [2.05, 4.69) is 31.0 Å². The van der Waals surface area contributed by atoms with Crippen molar-refractivity contribution in [2.45, 2.75) is 32.8 Å². The molecule has 2 aromatic rings. The highest BCUT2D eigenvalue weighted by molar-refractivity contribution is 5.72. The SMILES string of the molecule is C[C@H]1[C@H](C=Cc2ccc(-c3ccccc3C#N)cn2)[C@@H]2OC(=O)C[C@@H]2C[C@@H]1C. The minimum atomic E-state index is -0.0617. The second kappa shape index (κ2) is 7.59. The molecule has 4 nitrogen and oxygen atoms in total. The fraction of sp³-hybridized carbons (Fsp3) is 0.375. The van der Waals surface area contributed by atoms with Gasteiger partial charge >= 0.3 is 5.97 Å². The van der Waals surface area contributed by atoms with E-state index < -0.39 is 0 Å². The van der Waals surface area contributed by atoms with Gasteiger partial charge in [0.1, 0.15) is 6.10 Å². The van der Waals surface area contributed by atoms with Gasteiger partial charge in [-0.25, -0.2) is 0 Å². The Morgan fingerprint density at radius 1 is 1.21 bits per heavy atom. The molecular formula is C24H24N2O2. The lowest BCUT2D eigenvalue weighted by Gasteiger charge is -2.39. The summed E-state index contributed by atoms with van der Waals surface area (Å²) in [4.78, 5) is 16.3. The topological polar surface area (TPSA) is 63.0 Å². The molecule has 0 bridgehead atoms. The smallest absolute Gasteiger partial charge is 0.306 e. The van der Waals surface area contributed by atoms with E-state index in [1.54, 1.807) is 6.20 Å². The number of esters is 1. The quantitative estimate of drug-likeness (QED) is 0.722. The number of carbonyl (C=O) groups is 1. The molecule has 2 heterocycles. The highest BCUT2D eigenvalue weighted by atomic mass is 16.6. The lowest BCUT2D eigenvalue weighted by molar-refractivity contribution is -0.144. The molecule has 142 valence electrons. The molecule has 2 fully saturated rings. The van der Waals surface area contributed by atoms with Crippen LogP contribution in [0.3, 0.4) is 0 Å². The molecule has 5 atom stereocenters. The zero-order valence-electron chi connectivity index (χ0n) is 16.2. The van der Waals surface area contributed by atoms with Crippen LogP contribution in [-0.4, -0.2) is 17.1 Å². The van der Waals surface area contributed by atoms with Gasteiger partial charge in [-0.15, -0.1) is 0 Å². The van der Waals surface area contributed by atoms with Crippen molar-refractivity contribution in [2.24, 2.45) is 23.7 Å². The minimum absolute atomic E-state index is 0.00303. The van der Waals surface area contributed by atoms with Crippen LogP contribution < -0.4 is 0 Å². The molecule has 1 aliphatic carbocycles. The van der Waals surface area contributed by atoms with E-state index in [-0.39, 0.29) is 18.0 Å². The fourth-order valence-electron chi connectivity index (χ4n) is 4.60. The highest BCUT2D eigenvalue weighted by Gasteiger charge is 2.46. The van der Waals surface area contributed by atoms with Gasteiger partial charge in [-0.1, -0.05) is 44.2 Å². The lowest BCUT2D eigenvalue weighted by atomic mass is 9.67. The van der Waals surface area contributed by atoms with E-state index in [0.717, 1.165) is 23.2 Å². The first-order valence-corrected chi connectivity index (χ1v) is 9.90. The Balaban J connectivity index is 1.54. The summed E-state index contributed by atoms with van der Waals surface area (Å²) in [5.74, 6) is 1.54. The van der Waals surface area contributed by atoms with Gasteiger partial charge in [0.05, 0.1) is 23.7 Å². The zero-order chi connectivity index (χ0) is 19.7. The van der Waals surface area contributed by atoms with Crippen LogP contribution in [0.1, 0.15) is 37.9 Å². The van der Waals surface area contributed by atoms with Crippen molar-refractivity contribution in [3.05, 3.63) is 59.9 Å². The first kappa shape index (κ1) is 18.4. The summed E-state index contributed by atoms with van der Waals surface area (Å²) in [5.41, 5.74) is 3.33. The van der Waals surface area contributed by atoms with Gasteiger partial charge < -0.3 is 4.74 Å². The van der Waals surface area contributed by atoms with Crippen molar-refractivity contribution in [2.75, 3.05) is 0 Å². The number of hydrogen-bond donors (Lipinski definition) is 0. The molecule has 4 heteroatoms. The van der Waals surface area contributed by atoms with E-state index >= 15 is 0 Å². The maximum absolute atomic E-state index is 11.8. The predicted molar refractivity (Wildman–Crippen MR) is 108 cm³/mol. The average molecular weight is 372 g/mol. The van der Waals surface area contributed by atoms with Gasteiger partial charge in [-0.3, -0.25) is 9.78 Å². The van der Waals surface area contributed by atoms with Crippen LogP contribution in [0.15, 0.2) is 48.7 Å². The summed E-state index contributed by atoms with van der Waals surface area (Å²) in [7, 11) is 0. The van der Waals surface area contributed by atoms with Gasteiger partial charge in [-0.2, -0.15) is 5.26 Å². The molecule has 28 heavy (non-hydrogen) atoms. The van der Waals surface area contributed by atoms with E-state index in [9.17, 15) is 10.1 Å². The summed E-state index contributed by atoms with van der Waals surface area (Å²) >= 11 is 0. The summed E-state index contributed by atoms with van der Waals surface area (Å²) < 4.78 is 5.65. The summed E-state index contributed by atoms with van der Waals surface area (Å²) in [6, 6.07) is 13.7. The zero-order valence-corrected chi connectivity index (χ0v) is 16.2. The molecule has 1 saturated carbocycles. The minimum Gasteiger partial charge on any atom is -0.461 e. The summed E-state index contributed by atoms with van der Waals surface area (Å²) in [6.45, 7) is 4.52. The Hall–Kier alpha value is -2.93. The van der Waals surface area contributed by atoms with E-state index in [0.29, 0.717) is 29.7 Å². The second-order valence-electron chi connectivity index (χ2n) is 8.06. The Morgan fingerprint density at radius 3 is 2.79 bits per heavy atom. The van der Waals surface area contributed by atoms with Crippen LogP contribution >= 0.6 is 0 Å². The molecule has 1 aromatic carbocycles. The van der Waals surface area contributed by atoms with Crippen molar-refractivity contribution >= 4 is 12.0 Å². The third kappa shape index (κ3) is 3.45. The Bertz CT molecular complexity index is 942. The molecule has 1 saturated heterocycles. The molecule has 0 amide bonds. The van der Waals surface area contributed by atoms with Gasteiger partial charge in [0, 0.05) is 29.2 Å². The molecule has 2 aliphatic rings. The molecule has 4 rings (SSSR count). The summed E-state index contributed by atoms with van der Waals surface area (Å²) in [5, 5.41) is 9.28. The molecule has 0 unspecified atom stereocenters. The average Bonchev–Trinajstić information content (AvgIpc) is 3.08. The molecule has 0 N–H and O–H groups in total. The number of aromatic nitrogens is 1. The van der Waals surface area contributed by atoms with Crippen LogP contribution in [0.4, 0.5) is 0 Å². The number of rotatable bonds is 3. The number of pyridine rings is 1. The number of nitrogens with zero attached hydrogens (tertiary/aromatic N) is 2. The summed E-state index contributed by atoms with van der Waals surface area (Å²) in [6.07, 6.45) is 7.62. The third-order valence-electron chi connectivity index (χ3n) is 6.35. The Labute approximate surface area is 165 Å². The van der Waals surface area contributed by atoms with E-state index in [1.165, 1.54) is 0 Å². The van der Waals surface area contributed by atoms with Crippen LogP contribution in [0.25, 0.3) is 17.2 Å². The Morgan fingerprint density at radius 2 is 2.04 bits per heavy atom. The number of fused-ring (bicyclic) bond motifs is 1. The number of ether oxygens (including phenoxy) is 1. The largest absolute Gasteiger partial charge is 0.461 e. The predicted octanol–water partition coefficient (Wildman–Crippen LogP) is 4.86. The molecule has 1 aliphatic heterocycles. The van der Waals surface area contributed by atoms with Crippen molar-refractivity contribution in [3.8, 4) is 17.2 Å². The maximum Gasteiger partial charge on any atom is 0.306 e. The van der Waals surface area contributed by atoms with Crippen molar-refractivity contribution in [3.63, 3.8) is 0 Å². The highest BCUT2D eigenvalue weighted by Crippen LogP contribution is 2.45. The monoisotopic (exact) mass is 372 g/mol. The van der Waals surface area contributed by atoms with Crippen LogP contribution in [-0.2, 0) is 9.53 Å².